The Balaban J connectivity index is 1.84. The van der Waals surface area contributed by atoms with Crippen LogP contribution in [0.15, 0.2) is 30.9 Å². The molecule has 1 fully saturated rings. The molecule has 16 heavy (non-hydrogen) atoms. The Morgan fingerprint density at radius 3 is 2.56 bits per heavy atom. The van der Waals surface area contributed by atoms with E-state index in [4.69, 9.17) is 32.7 Å². The first-order valence-electron chi connectivity index (χ1n) is 5.04. The molecule has 0 aliphatic carbocycles. The van der Waals surface area contributed by atoms with Gasteiger partial charge in [-0.2, -0.15) is 0 Å². The Morgan fingerprint density at radius 2 is 1.94 bits per heavy atom. The number of benzene rings is 1. The fraction of sp³-hybridized carbons (Fsp3) is 0.333. The van der Waals surface area contributed by atoms with Crippen molar-refractivity contribution in [3.8, 4) is 5.75 Å². The highest BCUT2D eigenvalue weighted by Crippen LogP contribution is 2.28. The van der Waals surface area contributed by atoms with Gasteiger partial charge in [-0.25, -0.2) is 0 Å². The Hall–Kier alpha value is -0.700. The van der Waals surface area contributed by atoms with Crippen molar-refractivity contribution in [2.45, 2.75) is 18.6 Å². The molecule has 2 nitrogen and oxygen atoms in total. The number of halogens is 2. The highest BCUT2D eigenvalue weighted by atomic mass is 35.5. The molecule has 1 aliphatic rings. The molecule has 0 aromatic heterocycles. The normalized spacial score (nSPS) is 22.9. The second-order valence-corrected chi connectivity index (χ2v) is 4.53. The molecule has 0 saturated carbocycles. The average molecular weight is 259 g/mol. The van der Waals surface area contributed by atoms with Gasteiger partial charge in [-0.05, 0) is 24.6 Å². The predicted molar refractivity (Wildman–Crippen MR) is 65.4 cm³/mol. The van der Waals surface area contributed by atoms with Crippen molar-refractivity contribution in [2.75, 3.05) is 6.61 Å². The summed E-state index contributed by atoms with van der Waals surface area (Å²) in [6.45, 7) is 4.18. The number of epoxide rings is 1. The van der Waals surface area contributed by atoms with Gasteiger partial charge in [0.1, 0.15) is 18.5 Å². The zero-order valence-corrected chi connectivity index (χ0v) is 10.2. The van der Waals surface area contributed by atoms with Crippen molar-refractivity contribution in [1.29, 1.82) is 0 Å². The van der Waals surface area contributed by atoms with E-state index < -0.39 is 0 Å². The third kappa shape index (κ3) is 3.14. The maximum Gasteiger partial charge on any atom is 0.122 e. The van der Waals surface area contributed by atoms with Crippen LogP contribution in [-0.2, 0) is 4.74 Å². The second kappa shape index (κ2) is 5.09. The Kier molecular flexibility index (Phi) is 3.74. The van der Waals surface area contributed by atoms with Crippen LogP contribution >= 0.6 is 23.2 Å². The van der Waals surface area contributed by atoms with E-state index in [0.717, 1.165) is 6.42 Å². The van der Waals surface area contributed by atoms with E-state index in [9.17, 15) is 0 Å². The topological polar surface area (TPSA) is 21.8 Å². The molecule has 1 aliphatic heterocycles. The molecule has 1 aromatic rings. The van der Waals surface area contributed by atoms with E-state index in [0.29, 0.717) is 22.4 Å². The van der Waals surface area contributed by atoms with Crippen LogP contribution in [0.25, 0.3) is 0 Å². The summed E-state index contributed by atoms with van der Waals surface area (Å²) >= 11 is 11.7. The van der Waals surface area contributed by atoms with Crippen LogP contribution in [0.2, 0.25) is 10.0 Å². The fourth-order valence-corrected chi connectivity index (χ4v) is 1.99. The molecule has 4 heteroatoms. The quantitative estimate of drug-likeness (QED) is 0.593. The van der Waals surface area contributed by atoms with Crippen molar-refractivity contribution < 1.29 is 9.47 Å². The lowest BCUT2D eigenvalue weighted by molar-refractivity contribution is 0.260. The van der Waals surface area contributed by atoms with Crippen molar-refractivity contribution in [3.63, 3.8) is 0 Å². The van der Waals surface area contributed by atoms with Gasteiger partial charge in [-0.3, -0.25) is 0 Å². The molecule has 1 aromatic carbocycles. The van der Waals surface area contributed by atoms with Crippen LogP contribution < -0.4 is 4.74 Å². The van der Waals surface area contributed by atoms with Crippen LogP contribution in [0.1, 0.15) is 6.42 Å². The van der Waals surface area contributed by atoms with Gasteiger partial charge in [0.25, 0.3) is 0 Å². The third-order valence-corrected chi connectivity index (χ3v) is 2.77. The lowest BCUT2D eigenvalue weighted by Crippen LogP contribution is -2.07. The minimum Gasteiger partial charge on any atom is -0.491 e. The Bertz CT molecular complexity index is 372. The fourth-order valence-electron chi connectivity index (χ4n) is 1.49. The lowest BCUT2D eigenvalue weighted by atomic mass is 10.2. The summed E-state index contributed by atoms with van der Waals surface area (Å²) in [5, 5.41) is 1.14. The Labute approximate surface area is 105 Å². The van der Waals surface area contributed by atoms with Gasteiger partial charge in [-0.15, -0.1) is 6.58 Å². The Morgan fingerprint density at radius 1 is 1.25 bits per heavy atom. The van der Waals surface area contributed by atoms with E-state index in [1.807, 2.05) is 6.08 Å². The molecular weight excluding hydrogens is 247 g/mol. The van der Waals surface area contributed by atoms with Crippen LogP contribution in [-0.4, -0.2) is 18.8 Å². The van der Waals surface area contributed by atoms with Gasteiger partial charge in [0.15, 0.2) is 0 Å². The van der Waals surface area contributed by atoms with E-state index in [2.05, 4.69) is 6.58 Å². The molecule has 86 valence electrons. The number of hydrogen-bond donors (Lipinski definition) is 0. The first kappa shape index (κ1) is 11.8. The number of ether oxygens (including phenoxy) is 2. The lowest BCUT2D eigenvalue weighted by Gasteiger charge is -2.05. The summed E-state index contributed by atoms with van der Waals surface area (Å²) < 4.78 is 10.9. The van der Waals surface area contributed by atoms with Crippen molar-refractivity contribution in [3.05, 3.63) is 40.9 Å². The largest absolute Gasteiger partial charge is 0.491 e. The van der Waals surface area contributed by atoms with Gasteiger partial charge in [0.2, 0.25) is 0 Å². The van der Waals surface area contributed by atoms with Crippen LogP contribution in [0.4, 0.5) is 0 Å². The minimum atomic E-state index is 0.163. The van der Waals surface area contributed by atoms with Crippen LogP contribution in [0, 0.1) is 0 Å². The monoisotopic (exact) mass is 258 g/mol. The summed E-state index contributed by atoms with van der Waals surface area (Å²) in [4.78, 5) is 0. The standard InChI is InChI=1S/C12H12Cl2O2/c1-2-3-11-12(16-11)7-15-10-5-8(13)4-9(14)6-10/h2,4-6,11-12H,1,3,7H2. The number of rotatable bonds is 5. The second-order valence-electron chi connectivity index (χ2n) is 3.65. The summed E-state index contributed by atoms with van der Waals surface area (Å²) in [5.41, 5.74) is 0. The summed E-state index contributed by atoms with van der Waals surface area (Å²) in [5.74, 6) is 0.672. The van der Waals surface area contributed by atoms with Crippen molar-refractivity contribution in [1.82, 2.24) is 0 Å². The van der Waals surface area contributed by atoms with E-state index in [1.54, 1.807) is 18.2 Å². The molecule has 0 amide bonds. The first-order chi connectivity index (χ1) is 7.69. The number of hydrogen-bond acceptors (Lipinski definition) is 2. The molecule has 2 atom stereocenters. The SMILES string of the molecule is C=CCC1OC1COc1cc(Cl)cc(Cl)c1. The zero-order valence-electron chi connectivity index (χ0n) is 8.66. The molecule has 1 heterocycles. The maximum absolute atomic E-state index is 5.85. The summed E-state index contributed by atoms with van der Waals surface area (Å²) in [6.07, 6.45) is 3.13. The maximum atomic E-state index is 5.85. The zero-order chi connectivity index (χ0) is 11.5. The van der Waals surface area contributed by atoms with Gasteiger partial charge in [-0.1, -0.05) is 29.3 Å². The molecular formula is C12H12Cl2O2. The highest BCUT2D eigenvalue weighted by Gasteiger charge is 2.38. The van der Waals surface area contributed by atoms with E-state index in [-0.39, 0.29) is 12.2 Å². The molecule has 0 N–H and O–H groups in total. The summed E-state index contributed by atoms with van der Waals surface area (Å²) in [7, 11) is 0. The van der Waals surface area contributed by atoms with Crippen molar-refractivity contribution >= 4 is 23.2 Å². The molecule has 0 bridgehead atoms. The smallest absolute Gasteiger partial charge is 0.122 e. The van der Waals surface area contributed by atoms with Gasteiger partial charge < -0.3 is 9.47 Å². The van der Waals surface area contributed by atoms with Crippen LogP contribution in [0.3, 0.4) is 0 Å². The molecule has 0 spiro atoms. The minimum absolute atomic E-state index is 0.163. The first-order valence-corrected chi connectivity index (χ1v) is 5.80. The van der Waals surface area contributed by atoms with E-state index in [1.165, 1.54) is 0 Å². The van der Waals surface area contributed by atoms with Gasteiger partial charge >= 0.3 is 0 Å². The molecule has 2 unspecified atom stereocenters. The van der Waals surface area contributed by atoms with Gasteiger partial charge in [0.05, 0.1) is 6.10 Å². The van der Waals surface area contributed by atoms with Crippen molar-refractivity contribution in [2.24, 2.45) is 0 Å². The molecule has 1 saturated heterocycles. The predicted octanol–water partition coefficient (Wildman–Crippen LogP) is 3.72. The summed E-state index contributed by atoms with van der Waals surface area (Å²) in [6, 6.07) is 5.14. The van der Waals surface area contributed by atoms with E-state index >= 15 is 0 Å². The average Bonchev–Trinajstić information content (AvgIpc) is 2.93. The van der Waals surface area contributed by atoms with Gasteiger partial charge in [0, 0.05) is 10.0 Å². The third-order valence-electron chi connectivity index (χ3n) is 2.34. The van der Waals surface area contributed by atoms with Crippen LogP contribution in [0.5, 0.6) is 5.75 Å². The molecule has 2 rings (SSSR count). The highest BCUT2D eigenvalue weighted by molar-refractivity contribution is 6.34. The molecule has 0 radical (unpaired) electrons.